The van der Waals surface area contributed by atoms with Crippen LogP contribution in [-0.2, 0) is 17.8 Å². The number of nitrogen functional groups attached to an aromatic ring is 1. The average Bonchev–Trinajstić information content (AvgIpc) is 2.88. The summed E-state index contributed by atoms with van der Waals surface area (Å²) < 4.78 is 0. The normalized spacial score (nSPS) is 10.7. The molecule has 22 heavy (non-hydrogen) atoms. The molecule has 1 aromatic carbocycles. The van der Waals surface area contributed by atoms with Gasteiger partial charge in [-0.05, 0) is 23.3 Å². The zero-order chi connectivity index (χ0) is 15.9. The van der Waals surface area contributed by atoms with Gasteiger partial charge in [0, 0.05) is 5.56 Å². The topological polar surface area (TPSA) is 131 Å². The Morgan fingerprint density at radius 3 is 3.05 bits per heavy atom. The number of aromatic nitrogens is 4. The molecule has 0 radical (unpaired) electrons. The van der Waals surface area contributed by atoms with Crippen molar-refractivity contribution in [1.29, 1.82) is 0 Å². The minimum Gasteiger partial charge on any atom is -0.507 e. The molecule has 0 aliphatic carbocycles. The summed E-state index contributed by atoms with van der Waals surface area (Å²) in [5, 5.41) is 24.5. The summed E-state index contributed by atoms with van der Waals surface area (Å²) in [6.07, 6.45) is 3.58. The van der Waals surface area contributed by atoms with Crippen molar-refractivity contribution in [2.75, 3.05) is 5.73 Å². The highest BCUT2D eigenvalue weighted by Crippen LogP contribution is 2.21. The van der Waals surface area contributed by atoms with Gasteiger partial charge >= 0.3 is 0 Å². The first-order valence-electron chi connectivity index (χ1n) is 6.37. The third kappa shape index (κ3) is 3.88. The van der Waals surface area contributed by atoms with Crippen molar-refractivity contribution in [2.24, 2.45) is 5.10 Å². The van der Waals surface area contributed by atoms with E-state index in [-0.39, 0.29) is 18.2 Å². The summed E-state index contributed by atoms with van der Waals surface area (Å²) in [6.45, 7) is 3.46. The van der Waals surface area contributed by atoms with Gasteiger partial charge in [0.05, 0.1) is 6.21 Å². The number of carbonyl (C=O) groups excluding carboxylic acids is 1. The molecule has 0 fully saturated rings. The molecule has 0 spiro atoms. The van der Waals surface area contributed by atoms with Gasteiger partial charge in [-0.1, -0.05) is 23.3 Å². The number of hydrazone groups is 1. The van der Waals surface area contributed by atoms with Crippen LogP contribution < -0.4 is 11.2 Å². The molecule has 0 aliphatic heterocycles. The molecule has 9 heteroatoms. The van der Waals surface area contributed by atoms with Crippen LogP contribution in [0, 0.1) is 0 Å². The van der Waals surface area contributed by atoms with Crippen molar-refractivity contribution in [3.05, 3.63) is 42.0 Å². The number of amides is 1. The summed E-state index contributed by atoms with van der Waals surface area (Å²) >= 11 is 0. The number of hydrogen-bond donors (Lipinski definition) is 3. The number of phenols is 1. The van der Waals surface area contributed by atoms with Crippen LogP contribution >= 0.6 is 0 Å². The van der Waals surface area contributed by atoms with Crippen LogP contribution in [0.5, 0.6) is 5.75 Å². The molecule has 9 nitrogen and oxygen atoms in total. The number of hydrogen-bond acceptors (Lipinski definition) is 7. The number of rotatable bonds is 6. The highest BCUT2D eigenvalue weighted by molar-refractivity contribution is 5.85. The molecule has 1 aromatic heterocycles. The minimum atomic E-state index is -0.449. The number of carbonyl (C=O) groups is 1. The van der Waals surface area contributed by atoms with E-state index in [0.717, 1.165) is 10.4 Å². The Hall–Kier alpha value is -3.23. The second-order valence-electron chi connectivity index (χ2n) is 4.32. The van der Waals surface area contributed by atoms with Crippen LogP contribution in [0.3, 0.4) is 0 Å². The Labute approximate surface area is 126 Å². The number of aromatic hydroxyl groups is 1. The van der Waals surface area contributed by atoms with E-state index < -0.39 is 5.91 Å². The van der Waals surface area contributed by atoms with E-state index in [1.807, 2.05) is 0 Å². The number of para-hydroxylation sites is 1. The molecular formula is C13H15N7O2. The van der Waals surface area contributed by atoms with Gasteiger partial charge in [0.15, 0.2) is 0 Å². The van der Waals surface area contributed by atoms with E-state index in [0.29, 0.717) is 12.0 Å². The standard InChI is InChI=1S/C13H15N7O2/c1-2-4-9-5-3-6-10(12(9)22)7-15-16-11(21)8-20-18-13(14)17-19-20/h2-3,5-7,22H,1,4,8H2,(H2,14,18)(H,16,21)/b15-7+. The molecule has 1 amide bonds. The van der Waals surface area contributed by atoms with Gasteiger partial charge in [0.25, 0.3) is 11.9 Å². The van der Waals surface area contributed by atoms with Crippen LogP contribution in [0.4, 0.5) is 5.95 Å². The Kier molecular flexibility index (Phi) is 4.81. The van der Waals surface area contributed by atoms with E-state index in [1.165, 1.54) is 6.21 Å². The van der Waals surface area contributed by atoms with Gasteiger partial charge < -0.3 is 10.8 Å². The number of allylic oxidation sites excluding steroid dienone is 1. The third-order valence-electron chi connectivity index (χ3n) is 2.66. The van der Waals surface area contributed by atoms with Crippen molar-refractivity contribution >= 4 is 18.1 Å². The lowest BCUT2D eigenvalue weighted by atomic mass is 10.1. The number of nitrogens with one attached hydrogen (secondary N) is 1. The summed E-state index contributed by atoms with van der Waals surface area (Å²) in [4.78, 5) is 12.6. The number of nitrogens with two attached hydrogens (primary N) is 1. The zero-order valence-electron chi connectivity index (χ0n) is 11.7. The lowest BCUT2D eigenvalue weighted by molar-refractivity contribution is -0.122. The van der Waals surface area contributed by atoms with Crippen LogP contribution in [0.25, 0.3) is 0 Å². The maximum Gasteiger partial charge on any atom is 0.263 e. The summed E-state index contributed by atoms with van der Waals surface area (Å²) in [7, 11) is 0. The molecule has 0 aliphatic rings. The van der Waals surface area contributed by atoms with Gasteiger partial charge in [-0.25, -0.2) is 5.43 Å². The molecule has 114 valence electrons. The maximum absolute atomic E-state index is 11.6. The van der Waals surface area contributed by atoms with Gasteiger partial charge in [-0.2, -0.15) is 9.90 Å². The largest absolute Gasteiger partial charge is 0.507 e. The Morgan fingerprint density at radius 1 is 1.55 bits per heavy atom. The smallest absolute Gasteiger partial charge is 0.263 e. The number of phenolic OH excluding ortho intramolecular Hbond substituents is 1. The number of benzene rings is 1. The van der Waals surface area contributed by atoms with Crippen molar-refractivity contribution < 1.29 is 9.90 Å². The zero-order valence-corrected chi connectivity index (χ0v) is 11.7. The molecule has 2 aromatic rings. The van der Waals surface area contributed by atoms with Crippen LogP contribution in [0.2, 0.25) is 0 Å². The highest BCUT2D eigenvalue weighted by atomic mass is 16.3. The van der Waals surface area contributed by atoms with Crippen molar-refractivity contribution in [1.82, 2.24) is 25.6 Å². The number of anilines is 1. The summed E-state index contributed by atoms with van der Waals surface area (Å²) in [6, 6.07) is 5.24. The molecule has 4 N–H and O–H groups in total. The number of nitrogens with zero attached hydrogens (tertiary/aromatic N) is 5. The first-order valence-corrected chi connectivity index (χ1v) is 6.37. The Morgan fingerprint density at radius 2 is 2.36 bits per heavy atom. The van der Waals surface area contributed by atoms with Crippen molar-refractivity contribution in [3.63, 3.8) is 0 Å². The fourth-order valence-corrected chi connectivity index (χ4v) is 1.70. The van der Waals surface area contributed by atoms with Gasteiger partial charge in [0.1, 0.15) is 12.3 Å². The first-order chi connectivity index (χ1) is 10.6. The van der Waals surface area contributed by atoms with E-state index >= 15 is 0 Å². The van der Waals surface area contributed by atoms with Gasteiger partial charge in [-0.15, -0.1) is 11.7 Å². The fourth-order valence-electron chi connectivity index (χ4n) is 1.70. The Balaban J connectivity index is 1.96. The molecule has 0 bridgehead atoms. The van der Waals surface area contributed by atoms with Crippen LogP contribution in [-0.4, -0.2) is 37.4 Å². The van der Waals surface area contributed by atoms with Crippen LogP contribution in [0.15, 0.2) is 36.0 Å². The minimum absolute atomic E-state index is 0.0137. The van der Waals surface area contributed by atoms with Gasteiger partial charge in [-0.3, -0.25) is 4.79 Å². The molecule has 0 atom stereocenters. The second kappa shape index (κ2) is 6.97. The molecule has 0 saturated carbocycles. The summed E-state index contributed by atoms with van der Waals surface area (Å²) in [5.74, 6) is -0.359. The molecular weight excluding hydrogens is 286 g/mol. The molecule has 0 saturated heterocycles. The number of tetrazole rings is 1. The monoisotopic (exact) mass is 301 g/mol. The van der Waals surface area contributed by atoms with Crippen molar-refractivity contribution in [2.45, 2.75) is 13.0 Å². The van der Waals surface area contributed by atoms with Crippen LogP contribution in [0.1, 0.15) is 11.1 Å². The fraction of sp³-hybridized carbons (Fsp3) is 0.154. The molecule has 1 heterocycles. The summed E-state index contributed by atoms with van der Waals surface area (Å²) in [5.41, 5.74) is 8.80. The third-order valence-corrected chi connectivity index (χ3v) is 2.66. The second-order valence-corrected chi connectivity index (χ2v) is 4.32. The van der Waals surface area contributed by atoms with E-state index in [2.05, 4.69) is 32.5 Å². The average molecular weight is 301 g/mol. The first kappa shape index (κ1) is 15.2. The highest BCUT2D eigenvalue weighted by Gasteiger charge is 2.06. The van der Waals surface area contributed by atoms with E-state index in [4.69, 9.17) is 5.73 Å². The van der Waals surface area contributed by atoms with E-state index in [1.54, 1.807) is 24.3 Å². The van der Waals surface area contributed by atoms with Gasteiger partial charge in [0.2, 0.25) is 0 Å². The van der Waals surface area contributed by atoms with E-state index in [9.17, 15) is 9.90 Å². The lowest BCUT2D eigenvalue weighted by Gasteiger charge is -2.04. The maximum atomic E-state index is 11.6. The predicted octanol–water partition coefficient (Wildman–Crippen LogP) is -0.160. The molecule has 0 unspecified atom stereocenters. The molecule has 2 rings (SSSR count). The predicted molar refractivity (Wildman–Crippen MR) is 80.0 cm³/mol. The Bertz CT molecular complexity index is 708. The SMILES string of the molecule is C=CCc1cccc(/C=N/NC(=O)Cn2nnc(N)n2)c1O. The van der Waals surface area contributed by atoms with Crippen molar-refractivity contribution in [3.8, 4) is 5.75 Å². The lowest BCUT2D eigenvalue weighted by Crippen LogP contribution is -2.24. The quantitative estimate of drug-likeness (QED) is 0.386.